The monoisotopic (exact) mass is 542 g/mol. The van der Waals surface area contributed by atoms with Crippen molar-refractivity contribution in [3.63, 3.8) is 0 Å². The van der Waals surface area contributed by atoms with E-state index in [2.05, 4.69) is 35.3 Å². The lowest BCUT2D eigenvalue weighted by atomic mass is 9.89. The Bertz CT molecular complexity index is 1490. The fourth-order valence-electron chi connectivity index (χ4n) is 5.06. The summed E-state index contributed by atoms with van der Waals surface area (Å²) < 4.78 is 71.3. The zero-order valence-corrected chi connectivity index (χ0v) is 21.6. The first kappa shape index (κ1) is 26.3. The van der Waals surface area contributed by atoms with Gasteiger partial charge in [0.2, 0.25) is 10.0 Å². The number of aromatic nitrogens is 1. The number of benzene rings is 3. The van der Waals surface area contributed by atoms with Crippen LogP contribution in [0.4, 0.5) is 13.2 Å². The summed E-state index contributed by atoms with van der Waals surface area (Å²) in [5.41, 5.74) is 3.78. The molecule has 0 atom stereocenters. The largest absolute Gasteiger partial charge is 0.494 e. The Labute approximate surface area is 220 Å². The number of nitrogens with one attached hydrogen (secondary N) is 1. The molecule has 1 aliphatic heterocycles. The van der Waals surface area contributed by atoms with Crippen molar-refractivity contribution in [3.05, 3.63) is 90.1 Å². The van der Waals surface area contributed by atoms with Gasteiger partial charge in [-0.2, -0.15) is 13.2 Å². The van der Waals surface area contributed by atoms with E-state index >= 15 is 0 Å². The third-order valence-corrected chi connectivity index (χ3v) is 9.04. The molecular weight excluding hydrogens is 513 g/mol. The molecule has 9 heteroatoms. The van der Waals surface area contributed by atoms with Crippen LogP contribution in [0.15, 0.2) is 79.0 Å². The standard InChI is InChI=1S/C29H29F3N2O3S/c30-29(31,32)24-8-4-9-25(19-24)37-16-5-17-38(35,36)34-14-12-22(13-15-34)27-20-33-28-11-10-23(18-26(27)28)21-6-2-1-3-7-21/h1-4,6-11,18-20,22,33H,5,12-17H2. The van der Waals surface area contributed by atoms with E-state index < -0.39 is 21.8 Å². The van der Waals surface area contributed by atoms with Crippen LogP contribution >= 0.6 is 0 Å². The van der Waals surface area contributed by atoms with Crippen molar-refractivity contribution in [1.82, 2.24) is 9.29 Å². The molecule has 0 unspecified atom stereocenters. The minimum Gasteiger partial charge on any atom is -0.494 e. The number of sulfonamides is 1. The molecule has 1 N–H and O–H groups in total. The van der Waals surface area contributed by atoms with Gasteiger partial charge in [0.1, 0.15) is 5.75 Å². The highest BCUT2D eigenvalue weighted by molar-refractivity contribution is 7.89. The van der Waals surface area contributed by atoms with Gasteiger partial charge in [-0.05, 0) is 72.2 Å². The van der Waals surface area contributed by atoms with Gasteiger partial charge in [0.15, 0.2) is 0 Å². The third-order valence-electron chi connectivity index (χ3n) is 7.08. The van der Waals surface area contributed by atoms with Gasteiger partial charge in [0.05, 0.1) is 17.9 Å². The zero-order chi connectivity index (χ0) is 26.8. The van der Waals surface area contributed by atoms with Crippen molar-refractivity contribution in [2.45, 2.75) is 31.4 Å². The average molecular weight is 543 g/mol. The van der Waals surface area contributed by atoms with Crippen LogP contribution in [-0.4, -0.2) is 43.2 Å². The van der Waals surface area contributed by atoms with E-state index in [-0.39, 0.29) is 30.4 Å². The lowest BCUT2D eigenvalue weighted by molar-refractivity contribution is -0.137. The Kier molecular flexibility index (Phi) is 7.49. The maximum absolute atomic E-state index is 12.9. The first-order valence-electron chi connectivity index (χ1n) is 12.6. The molecule has 4 aromatic rings. The minimum absolute atomic E-state index is 0.0239. The van der Waals surface area contributed by atoms with E-state index in [1.165, 1.54) is 27.4 Å². The maximum Gasteiger partial charge on any atom is 0.416 e. The van der Waals surface area contributed by atoms with Crippen LogP contribution in [0.2, 0.25) is 0 Å². The molecule has 38 heavy (non-hydrogen) atoms. The normalized spacial score (nSPS) is 15.7. The average Bonchev–Trinajstić information content (AvgIpc) is 3.35. The number of halogens is 3. The Hall–Kier alpha value is -3.30. The zero-order valence-electron chi connectivity index (χ0n) is 20.7. The van der Waals surface area contributed by atoms with Gasteiger partial charge in [-0.15, -0.1) is 0 Å². The predicted molar refractivity (Wildman–Crippen MR) is 143 cm³/mol. The summed E-state index contributed by atoms with van der Waals surface area (Å²) in [5, 5.41) is 1.17. The molecule has 0 aliphatic carbocycles. The van der Waals surface area contributed by atoms with Crippen LogP contribution in [0, 0.1) is 0 Å². The lowest BCUT2D eigenvalue weighted by Crippen LogP contribution is -2.39. The molecule has 0 bridgehead atoms. The van der Waals surface area contributed by atoms with E-state index in [4.69, 9.17) is 4.74 Å². The summed E-state index contributed by atoms with van der Waals surface area (Å²) in [6.07, 6.45) is -0.765. The minimum atomic E-state index is -4.45. The fourth-order valence-corrected chi connectivity index (χ4v) is 6.57. The second kappa shape index (κ2) is 10.8. The number of ether oxygens (including phenoxy) is 1. The van der Waals surface area contributed by atoms with Crippen LogP contribution in [0.3, 0.4) is 0 Å². The van der Waals surface area contributed by atoms with Crippen molar-refractivity contribution in [1.29, 1.82) is 0 Å². The molecule has 0 radical (unpaired) electrons. The molecule has 0 amide bonds. The molecule has 0 spiro atoms. The highest BCUT2D eigenvalue weighted by Crippen LogP contribution is 2.36. The predicted octanol–water partition coefficient (Wildman–Crippen LogP) is 6.83. The number of hydrogen-bond acceptors (Lipinski definition) is 3. The summed E-state index contributed by atoms with van der Waals surface area (Å²) in [7, 11) is -3.48. The van der Waals surface area contributed by atoms with Crippen molar-refractivity contribution in [3.8, 4) is 16.9 Å². The first-order valence-corrected chi connectivity index (χ1v) is 14.3. The highest BCUT2D eigenvalue weighted by Gasteiger charge is 2.31. The van der Waals surface area contributed by atoms with Gasteiger partial charge in [0, 0.05) is 30.2 Å². The molecule has 2 heterocycles. The van der Waals surface area contributed by atoms with E-state index in [9.17, 15) is 21.6 Å². The van der Waals surface area contributed by atoms with Crippen LogP contribution < -0.4 is 4.74 Å². The van der Waals surface area contributed by atoms with Crippen molar-refractivity contribution in [2.75, 3.05) is 25.4 Å². The van der Waals surface area contributed by atoms with Gasteiger partial charge < -0.3 is 9.72 Å². The van der Waals surface area contributed by atoms with Crippen LogP contribution in [0.25, 0.3) is 22.0 Å². The number of nitrogens with zero attached hydrogens (tertiary/aromatic N) is 1. The van der Waals surface area contributed by atoms with Gasteiger partial charge in [0.25, 0.3) is 0 Å². The van der Waals surface area contributed by atoms with E-state index in [0.717, 1.165) is 41.6 Å². The molecule has 1 fully saturated rings. The SMILES string of the molecule is O=S(=O)(CCCOc1cccc(C(F)(F)F)c1)N1CCC(c2c[nH]c3ccc(-c4ccccc4)cc23)CC1. The summed E-state index contributed by atoms with van der Waals surface area (Å²) in [5.74, 6) is 0.224. The second-order valence-corrected chi connectivity index (χ2v) is 11.7. The Morgan fingerprint density at radius 3 is 2.42 bits per heavy atom. The van der Waals surface area contributed by atoms with E-state index in [1.54, 1.807) is 0 Å². The molecule has 200 valence electrons. The Balaban J connectivity index is 1.16. The molecule has 1 saturated heterocycles. The van der Waals surface area contributed by atoms with Crippen molar-refractivity contribution >= 4 is 20.9 Å². The highest BCUT2D eigenvalue weighted by atomic mass is 32.2. The number of hydrogen-bond donors (Lipinski definition) is 1. The van der Waals surface area contributed by atoms with Gasteiger partial charge in [-0.1, -0.05) is 42.5 Å². The van der Waals surface area contributed by atoms with E-state index in [1.807, 2.05) is 24.4 Å². The van der Waals surface area contributed by atoms with Gasteiger partial charge in [-0.25, -0.2) is 12.7 Å². The Morgan fingerprint density at radius 2 is 1.68 bits per heavy atom. The van der Waals surface area contributed by atoms with Crippen LogP contribution in [0.1, 0.15) is 36.3 Å². The number of alkyl halides is 3. The summed E-state index contributed by atoms with van der Waals surface area (Å²) in [6, 6.07) is 21.2. The molecule has 3 aromatic carbocycles. The molecule has 1 aromatic heterocycles. The molecule has 5 nitrogen and oxygen atoms in total. The van der Waals surface area contributed by atoms with Gasteiger partial charge >= 0.3 is 6.18 Å². The summed E-state index contributed by atoms with van der Waals surface area (Å²) in [4.78, 5) is 3.36. The molecular formula is C29H29F3N2O3S. The summed E-state index contributed by atoms with van der Waals surface area (Å²) >= 11 is 0. The number of H-pyrrole nitrogens is 1. The number of aromatic amines is 1. The molecule has 5 rings (SSSR count). The topological polar surface area (TPSA) is 62.4 Å². The fraction of sp³-hybridized carbons (Fsp3) is 0.310. The number of rotatable bonds is 8. The van der Waals surface area contributed by atoms with Gasteiger partial charge in [-0.3, -0.25) is 0 Å². The smallest absolute Gasteiger partial charge is 0.416 e. The third kappa shape index (κ3) is 5.89. The Morgan fingerprint density at radius 1 is 0.921 bits per heavy atom. The second-order valence-electron chi connectivity index (χ2n) is 9.59. The van der Waals surface area contributed by atoms with Crippen molar-refractivity contribution in [2.24, 2.45) is 0 Å². The van der Waals surface area contributed by atoms with Crippen LogP contribution in [-0.2, 0) is 16.2 Å². The maximum atomic E-state index is 12.9. The quantitative estimate of drug-likeness (QED) is 0.248. The lowest BCUT2D eigenvalue weighted by Gasteiger charge is -2.31. The number of piperidine rings is 1. The number of fused-ring (bicyclic) bond motifs is 1. The summed E-state index contributed by atoms with van der Waals surface area (Å²) in [6.45, 7) is 0.898. The molecule has 1 aliphatic rings. The van der Waals surface area contributed by atoms with Crippen LogP contribution in [0.5, 0.6) is 5.75 Å². The first-order chi connectivity index (χ1) is 18.2. The van der Waals surface area contributed by atoms with Crippen molar-refractivity contribution < 1.29 is 26.3 Å². The van der Waals surface area contributed by atoms with E-state index in [0.29, 0.717) is 13.1 Å². The molecule has 0 saturated carbocycles.